The van der Waals surface area contributed by atoms with Gasteiger partial charge in [0.25, 0.3) is 0 Å². The Labute approximate surface area is 105 Å². The average molecular weight is 244 g/mol. The van der Waals surface area contributed by atoms with Crippen molar-refractivity contribution in [3.63, 3.8) is 0 Å². The van der Waals surface area contributed by atoms with E-state index in [0.29, 0.717) is 6.61 Å². The fraction of sp³-hybridized carbons (Fsp3) is 1.00. The molecule has 3 unspecified atom stereocenters. The van der Waals surface area contributed by atoms with Crippen molar-refractivity contribution in [2.24, 2.45) is 11.7 Å². The molecule has 1 aliphatic carbocycles. The van der Waals surface area contributed by atoms with Crippen LogP contribution in [0.4, 0.5) is 0 Å². The summed E-state index contributed by atoms with van der Waals surface area (Å²) in [6.45, 7) is 4.60. The SMILES string of the molecule is COCC(CNCC1(N)CCCC(C)C1)OC. The molecular weight excluding hydrogens is 216 g/mol. The van der Waals surface area contributed by atoms with Crippen LogP contribution >= 0.6 is 0 Å². The molecule has 0 bridgehead atoms. The Morgan fingerprint density at radius 3 is 2.82 bits per heavy atom. The largest absolute Gasteiger partial charge is 0.382 e. The molecule has 0 heterocycles. The molecule has 0 aromatic rings. The second-order valence-electron chi connectivity index (χ2n) is 5.51. The van der Waals surface area contributed by atoms with Gasteiger partial charge in [-0.3, -0.25) is 0 Å². The van der Waals surface area contributed by atoms with Crippen LogP contribution in [0.5, 0.6) is 0 Å². The van der Waals surface area contributed by atoms with E-state index >= 15 is 0 Å². The molecule has 3 N–H and O–H groups in total. The molecule has 102 valence electrons. The summed E-state index contributed by atoms with van der Waals surface area (Å²) in [6.07, 6.45) is 4.95. The maximum Gasteiger partial charge on any atom is 0.0928 e. The predicted octanol–water partition coefficient (Wildman–Crippen LogP) is 1.15. The minimum Gasteiger partial charge on any atom is -0.382 e. The number of rotatable bonds is 7. The van der Waals surface area contributed by atoms with Crippen molar-refractivity contribution in [1.82, 2.24) is 5.32 Å². The number of hydrogen-bond acceptors (Lipinski definition) is 4. The number of methoxy groups -OCH3 is 2. The van der Waals surface area contributed by atoms with Crippen LogP contribution in [0.25, 0.3) is 0 Å². The van der Waals surface area contributed by atoms with Crippen LogP contribution < -0.4 is 11.1 Å². The van der Waals surface area contributed by atoms with Crippen molar-refractivity contribution >= 4 is 0 Å². The van der Waals surface area contributed by atoms with Crippen molar-refractivity contribution in [1.29, 1.82) is 0 Å². The highest BCUT2D eigenvalue weighted by atomic mass is 16.5. The number of hydrogen-bond donors (Lipinski definition) is 2. The Morgan fingerprint density at radius 2 is 2.24 bits per heavy atom. The monoisotopic (exact) mass is 244 g/mol. The second kappa shape index (κ2) is 7.31. The van der Waals surface area contributed by atoms with Crippen LogP contribution in [0.2, 0.25) is 0 Å². The maximum absolute atomic E-state index is 6.42. The third-order valence-corrected chi connectivity index (χ3v) is 3.66. The molecule has 0 amide bonds. The quantitative estimate of drug-likeness (QED) is 0.705. The molecule has 1 rings (SSSR count). The van der Waals surface area contributed by atoms with Gasteiger partial charge >= 0.3 is 0 Å². The molecule has 0 radical (unpaired) electrons. The summed E-state index contributed by atoms with van der Waals surface area (Å²) >= 11 is 0. The van der Waals surface area contributed by atoms with Gasteiger partial charge in [0.1, 0.15) is 0 Å². The van der Waals surface area contributed by atoms with E-state index < -0.39 is 0 Å². The molecule has 0 spiro atoms. The van der Waals surface area contributed by atoms with E-state index in [-0.39, 0.29) is 11.6 Å². The molecule has 4 heteroatoms. The van der Waals surface area contributed by atoms with Gasteiger partial charge in [0.15, 0.2) is 0 Å². The molecule has 0 aliphatic heterocycles. The van der Waals surface area contributed by atoms with Crippen molar-refractivity contribution in [3.05, 3.63) is 0 Å². The van der Waals surface area contributed by atoms with E-state index in [1.165, 1.54) is 12.8 Å². The first-order valence-corrected chi connectivity index (χ1v) is 6.61. The van der Waals surface area contributed by atoms with E-state index in [9.17, 15) is 0 Å². The van der Waals surface area contributed by atoms with Crippen LogP contribution in [-0.2, 0) is 9.47 Å². The summed E-state index contributed by atoms with van der Waals surface area (Å²) < 4.78 is 10.4. The van der Waals surface area contributed by atoms with Gasteiger partial charge in [-0.15, -0.1) is 0 Å². The summed E-state index contributed by atoms with van der Waals surface area (Å²) in [6, 6.07) is 0. The standard InChI is InChI=1S/C13H28N2O2/c1-11-5-4-6-13(14,7-11)10-15-8-12(17-3)9-16-2/h11-12,15H,4-10,14H2,1-3H3. The molecular formula is C13H28N2O2. The molecule has 1 aliphatic rings. The Balaban J connectivity index is 2.24. The van der Waals surface area contributed by atoms with Crippen LogP contribution in [0.15, 0.2) is 0 Å². The van der Waals surface area contributed by atoms with Gasteiger partial charge < -0.3 is 20.5 Å². The summed E-state index contributed by atoms with van der Waals surface area (Å²) in [5, 5.41) is 3.42. The zero-order chi connectivity index (χ0) is 12.7. The molecule has 3 atom stereocenters. The molecule has 4 nitrogen and oxygen atoms in total. The lowest BCUT2D eigenvalue weighted by molar-refractivity contribution is 0.0277. The molecule has 0 aromatic carbocycles. The highest BCUT2D eigenvalue weighted by Gasteiger charge is 2.30. The van der Waals surface area contributed by atoms with Gasteiger partial charge in [0.05, 0.1) is 12.7 Å². The van der Waals surface area contributed by atoms with Gasteiger partial charge in [-0.2, -0.15) is 0 Å². The lowest BCUT2D eigenvalue weighted by Crippen LogP contribution is -2.52. The smallest absolute Gasteiger partial charge is 0.0928 e. The lowest BCUT2D eigenvalue weighted by atomic mass is 9.77. The fourth-order valence-electron chi connectivity index (χ4n) is 2.74. The Morgan fingerprint density at radius 1 is 1.47 bits per heavy atom. The summed E-state index contributed by atoms with van der Waals surface area (Å²) in [7, 11) is 3.41. The van der Waals surface area contributed by atoms with E-state index in [1.54, 1.807) is 14.2 Å². The molecule has 0 saturated heterocycles. The van der Waals surface area contributed by atoms with Crippen molar-refractivity contribution in [2.75, 3.05) is 33.9 Å². The third-order valence-electron chi connectivity index (χ3n) is 3.66. The van der Waals surface area contributed by atoms with Crippen molar-refractivity contribution in [3.8, 4) is 0 Å². The highest BCUT2D eigenvalue weighted by Crippen LogP contribution is 2.29. The van der Waals surface area contributed by atoms with Gasteiger partial charge in [0.2, 0.25) is 0 Å². The molecule has 1 saturated carbocycles. The van der Waals surface area contributed by atoms with Crippen LogP contribution in [0, 0.1) is 5.92 Å². The summed E-state index contributed by atoms with van der Waals surface area (Å²) in [5.41, 5.74) is 6.39. The lowest BCUT2D eigenvalue weighted by Gasteiger charge is -2.37. The fourth-order valence-corrected chi connectivity index (χ4v) is 2.74. The van der Waals surface area contributed by atoms with Gasteiger partial charge in [-0.1, -0.05) is 19.8 Å². The van der Waals surface area contributed by atoms with E-state index in [4.69, 9.17) is 15.2 Å². The van der Waals surface area contributed by atoms with Gasteiger partial charge in [0, 0.05) is 32.8 Å². The first-order valence-electron chi connectivity index (χ1n) is 6.61. The first kappa shape index (κ1) is 14.9. The number of nitrogens with two attached hydrogens (primary N) is 1. The zero-order valence-electron chi connectivity index (χ0n) is 11.5. The maximum atomic E-state index is 6.42. The minimum absolute atomic E-state index is 0.0248. The van der Waals surface area contributed by atoms with Crippen molar-refractivity contribution < 1.29 is 9.47 Å². The van der Waals surface area contributed by atoms with Crippen LogP contribution in [0.3, 0.4) is 0 Å². The second-order valence-corrected chi connectivity index (χ2v) is 5.51. The number of ether oxygens (including phenoxy) is 2. The third kappa shape index (κ3) is 5.34. The zero-order valence-corrected chi connectivity index (χ0v) is 11.5. The number of nitrogens with one attached hydrogen (secondary N) is 1. The van der Waals surface area contributed by atoms with Gasteiger partial charge in [-0.05, 0) is 18.8 Å². The van der Waals surface area contributed by atoms with E-state index in [0.717, 1.165) is 31.8 Å². The normalized spacial score (nSPS) is 31.4. The first-order chi connectivity index (χ1) is 8.09. The summed E-state index contributed by atoms with van der Waals surface area (Å²) in [5.74, 6) is 0.757. The topological polar surface area (TPSA) is 56.5 Å². The van der Waals surface area contributed by atoms with E-state index in [1.807, 2.05) is 0 Å². The Kier molecular flexibility index (Phi) is 6.41. The molecule has 1 fully saturated rings. The molecule has 0 aromatic heterocycles. The Hall–Kier alpha value is -0.160. The Bertz CT molecular complexity index is 214. The highest BCUT2D eigenvalue weighted by molar-refractivity contribution is 4.91. The average Bonchev–Trinajstić information content (AvgIpc) is 2.27. The minimum atomic E-state index is -0.0248. The van der Waals surface area contributed by atoms with E-state index in [2.05, 4.69) is 12.2 Å². The predicted molar refractivity (Wildman–Crippen MR) is 70.1 cm³/mol. The van der Waals surface area contributed by atoms with Crippen LogP contribution in [-0.4, -0.2) is 45.6 Å². The molecule has 17 heavy (non-hydrogen) atoms. The van der Waals surface area contributed by atoms with Gasteiger partial charge in [-0.25, -0.2) is 0 Å². The van der Waals surface area contributed by atoms with Crippen LogP contribution in [0.1, 0.15) is 32.6 Å². The van der Waals surface area contributed by atoms with Crippen molar-refractivity contribution in [2.45, 2.75) is 44.2 Å². The summed E-state index contributed by atoms with van der Waals surface area (Å²) in [4.78, 5) is 0.